The summed E-state index contributed by atoms with van der Waals surface area (Å²) < 4.78 is 10.4. The number of hydrogen-bond donors (Lipinski definition) is 0. The predicted molar refractivity (Wildman–Crippen MR) is 147 cm³/mol. The first kappa shape index (κ1) is 27.4. The molecule has 2 heterocycles. The predicted octanol–water partition coefficient (Wildman–Crippen LogP) is 5.29. The van der Waals surface area contributed by atoms with Crippen LogP contribution in [-0.4, -0.2) is 38.2 Å². The Kier molecular flexibility index (Phi) is 9.00. The summed E-state index contributed by atoms with van der Waals surface area (Å²) in [6.45, 7) is 13.2. The molecule has 0 saturated carbocycles. The molecule has 0 saturated heterocycles. The fraction of sp³-hybridized carbons (Fsp3) is 0.310. The maximum atomic E-state index is 11.7. The average molecular weight is 505 g/mol. The lowest BCUT2D eigenvalue weighted by molar-refractivity contribution is 0.101. The number of ketones is 1. The summed E-state index contributed by atoms with van der Waals surface area (Å²) in [5, 5.41) is 1.52. The smallest absolute Gasteiger partial charge is 0.347 e. The number of rotatable bonds is 8. The lowest BCUT2D eigenvalue weighted by Crippen LogP contribution is -2.21. The Morgan fingerprint density at radius 2 is 1.19 bits per heavy atom. The third-order valence-corrected chi connectivity index (χ3v) is 6.23. The summed E-state index contributed by atoms with van der Waals surface area (Å²) in [5.41, 5.74) is 2.03. The zero-order valence-electron chi connectivity index (χ0n) is 21.9. The van der Waals surface area contributed by atoms with E-state index in [1.165, 1.54) is 6.92 Å². The summed E-state index contributed by atoms with van der Waals surface area (Å²) >= 11 is 0. The van der Waals surface area contributed by atoms with Crippen molar-refractivity contribution in [3.63, 3.8) is 0 Å². The molecule has 8 heteroatoms. The number of aldehydes is 1. The first-order valence-electron chi connectivity index (χ1n) is 12.4. The Labute approximate surface area is 215 Å². The first-order chi connectivity index (χ1) is 17.8. The van der Waals surface area contributed by atoms with E-state index in [-0.39, 0.29) is 16.9 Å². The van der Waals surface area contributed by atoms with Crippen LogP contribution in [0, 0.1) is 0 Å². The van der Waals surface area contributed by atoms with E-state index >= 15 is 0 Å². The third-order valence-electron chi connectivity index (χ3n) is 6.23. The molecule has 2 aromatic carbocycles. The second-order valence-electron chi connectivity index (χ2n) is 8.40. The van der Waals surface area contributed by atoms with E-state index in [0.29, 0.717) is 17.5 Å². The number of fused-ring (bicyclic) bond motifs is 2. The summed E-state index contributed by atoms with van der Waals surface area (Å²) in [7, 11) is 0. The maximum Gasteiger partial charge on any atom is 0.347 e. The number of anilines is 2. The molecule has 2 aromatic heterocycles. The fourth-order valence-electron chi connectivity index (χ4n) is 4.11. The Morgan fingerprint density at radius 3 is 1.62 bits per heavy atom. The summed E-state index contributed by atoms with van der Waals surface area (Å²) in [6, 6.07) is 14.5. The molecule has 0 radical (unpaired) electrons. The van der Waals surface area contributed by atoms with Gasteiger partial charge in [-0.05, 0) is 71.0 Å². The highest BCUT2D eigenvalue weighted by molar-refractivity contribution is 5.96. The quantitative estimate of drug-likeness (QED) is 0.181. The molecule has 0 unspecified atom stereocenters. The molecule has 37 heavy (non-hydrogen) atoms. The molecular weight excluding hydrogens is 472 g/mol. The van der Waals surface area contributed by atoms with Gasteiger partial charge in [-0.3, -0.25) is 9.59 Å². The standard InChI is InChI=1S/C15H17NO3.C14H15NO3/c1-4-16(5-2)12-7-6-11-8-13(10(3)17)15(18)19-14(11)9-12;1-3-15(4-2)12-6-5-10-7-11(9-16)14(17)18-13(10)8-12/h6-9H,4-5H2,1-3H3;5-9H,3-4H2,1-2H3. The second-order valence-corrected chi connectivity index (χ2v) is 8.40. The van der Waals surface area contributed by atoms with Gasteiger partial charge >= 0.3 is 11.3 Å². The zero-order chi connectivity index (χ0) is 27.1. The minimum atomic E-state index is -0.589. The first-order valence-corrected chi connectivity index (χ1v) is 12.4. The highest BCUT2D eigenvalue weighted by Gasteiger charge is 2.11. The Hall–Kier alpha value is -4.20. The van der Waals surface area contributed by atoms with Crippen LogP contribution in [0.25, 0.3) is 21.9 Å². The van der Waals surface area contributed by atoms with Crippen LogP contribution in [-0.2, 0) is 0 Å². The van der Waals surface area contributed by atoms with Gasteiger partial charge in [-0.2, -0.15) is 0 Å². The number of Topliss-reactive ketones (excluding diaryl/α,β-unsaturated/α-hetero) is 1. The molecule has 0 amide bonds. The van der Waals surface area contributed by atoms with Crippen LogP contribution < -0.4 is 21.1 Å². The molecule has 194 valence electrons. The van der Waals surface area contributed by atoms with E-state index in [2.05, 4.69) is 37.5 Å². The van der Waals surface area contributed by atoms with E-state index < -0.39 is 11.3 Å². The summed E-state index contributed by atoms with van der Waals surface area (Å²) in [4.78, 5) is 49.5. The lowest BCUT2D eigenvalue weighted by Gasteiger charge is -2.20. The fourth-order valence-corrected chi connectivity index (χ4v) is 4.11. The maximum absolute atomic E-state index is 11.7. The molecular formula is C29H32N2O6. The van der Waals surface area contributed by atoms with E-state index in [1.807, 2.05) is 36.4 Å². The molecule has 0 aliphatic carbocycles. The number of nitrogens with zero attached hydrogens (tertiary/aromatic N) is 2. The Balaban J connectivity index is 0.000000206. The number of carbonyl (C=O) groups excluding carboxylic acids is 2. The van der Waals surface area contributed by atoms with Gasteiger partial charge in [-0.1, -0.05) is 0 Å². The van der Waals surface area contributed by atoms with Crippen LogP contribution in [0.3, 0.4) is 0 Å². The van der Waals surface area contributed by atoms with Gasteiger partial charge in [0.15, 0.2) is 12.1 Å². The van der Waals surface area contributed by atoms with Gasteiger partial charge in [-0.25, -0.2) is 9.59 Å². The molecule has 0 aliphatic rings. The molecule has 0 spiro atoms. The topological polar surface area (TPSA) is 101 Å². The van der Waals surface area contributed by atoms with Gasteiger partial charge in [-0.15, -0.1) is 0 Å². The highest BCUT2D eigenvalue weighted by Crippen LogP contribution is 2.23. The molecule has 0 N–H and O–H groups in total. The van der Waals surface area contributed by atoms with Crippen LogP contribution in [0.15, 0.2) is 67.0 Å². The molecule has 0 aliphatic heterocycles. The molecule has 0 bridgehead atoms. The van der Waals surface area contributed by atoms with Crippen molar-refractivity contribution < 1.29 is 18.4 Å². The van der Waals surface area contributed by atoms with E-state index in [4.69, 9.17) is 8.83 Å². The van der Waals surface area contributed by atoms with Gasteiger partial charge < -0.3 is 18.6 Å². The summed E-state index contributed by atoms with van der Waals surface area (Å²) in [6.07, 6.45) is 0.517. The minimum absolute atomic E-state index is 0.0538. The normalized spacial score (nSPS) is 10.6. The van der Waals surface area contributed by atoms with Crippen LogP contribution in [0.5, 0.6) is 0 Å². The highest BCUT2D eigenvalue weighted by atomic mass is 16.4. The van der Waals surface area contributed by atoms with Crippen LogP contribution in [0.1, 0.15) is 55.3 Å². The lowest BCUT2D eigenvalue weighted by atomic mass is 10.1. The van der Waals surface area contributed by atoms with Crippen LogP contribution in [0.2, 0.25) is 0 Å². The number of carbonyl (C=O) groups is 2. The van der Waals surface area contributed by atoms with Crippen molar-refractivity contribution in [3.8, 4) is 0 Å². The number of hydrogen-bond acceptors (Lipinski definition) is 8. The van der Waals surface area contributed by atoms with Crippen molar-refractivity contribution in [2.45, 2.75) is 34.6 Å². The second kappa shape index (κ2) is 12.2. The number of benzene rings is 2. The molecule has 4 aromatic rings. The van der Waals surface area contributed by atoms with Gasteiger partial charge in [0.25, 0.3) is 0 Å². The van der Waals surface area contributed by atoms with Crippen molar-refractivity contribution in [1.82, 2.24) is 0 Å². The molecule has 0 atom stereocenters. The van der Waals surface area contributed by atoms with Gasteiger partial charge in [0, 0.05) is 60.5 Å². The van der Waals surface area contributed by atoms with Crippen molar-refractivity contribution in [1.29, 1.82) is 0 Å². The van der Waals surface area contributed by atoms with Crippen molar-refractivity contribution >= 4 is 45.4 Å². The van der Waals surface area contributed by atoms with Crippen molar-refractivity contribution in [2.75, 3.05) is 36.0 Å². The average Bonchev–Trinajstić information content (AvgIpc) is 2.89. The van der Waals surface area contributed by atoms with Crippen LogP contribution >= 0.6 is 0 Å². The van der Waals surface area contributed by atoms with E-state index in [1.54, 1.807) is 12.1 Å². The molecule has 8 nitrogen and oxygen atoms in total. The van der Waals surface area contributed by atoms with Crippen LogP contribution in [0.4, 0.5) is 11.4 Å². The molecule has 0 fully saturated rings. The van der Waals surface area contributed by atoms with Crippen molar-refractivity contribution in [2.24, 2.45) is 0 Å². The largest absolute Gasteiger partial charge is 0.422 e. The summed E-state index contributed by atoms with van der Waals surface area (Å²) in [5.74, 6) is -0.275. The van der Waals surface area contributed by atoms with E-state index in [0.717, 1.165) is 48.3 Å². The monoisotopic (exact) mass is 504 g/mol. The van der Waals surface area contributed by atoms with Gasteiger partial charge in [0.1, 0.15) is 22.3 Å². The van der Waals surface area contributed by atoms with Gasteiger partial charge in [0.2, 0.25) is 0 Å². The van der Waals surface area contributed by atoms with Crippen molar-refractivity contribution in [3.05, 3.63) is 80.5 Å². The Bertz CT molecular complexity index is 1530. The minimum Gasteiger partial charge on any atom is -0.422 e. The Morgan fingerprint density at radius 1 is 0.730 bits per heavy atom. The zero-order valence-corrected chi connectivity index (χ0v) is 21.9. The SMILES string of the molecule is CCN(CC)c1ccc2cc(C(C)=O)c(=O)oc2c1.CCN(CC)c1ccc2cc(C=O)c(=O)oc2c1. The third kappa shape index (κ3) is 6.14. The van der Waals surface area contributed by atoms with Gasteiger partial charge in [0.05, 0.1) is 0 Å². The van der Waals surface area contributed by atoms with E-state index in [9.17, 15) is 19.2 Å². The molecule has 4 rings (SSSR count).